The van der Waals surface area contributed by atoms with E-state index >= 15 is 0 Å². The fraction of sp³-hybridized carbons (Fsp3) is 0.765. The maximum atomic E-state index is 12.5. The average molecular weight is 318 g/mol. The molecule has 3 heterocycles. The van der Waals surface area contributed by atoms with Gasteiger partial charge in [0.25, 0.3) is 5.91 Å². The topological polar surface area (TPSA) is 70.2 Å². The van der Waals surface area contributed by atoms with Crippen LogP contribution in [0.5, 0.6) is 0 Å². The molecular weight excluding hydrogens is 292 g/mol. The molecule has 6 nitrogen and oxygen atoms in total. The van der Waals surface area contributed by atoms with E-state index < -0.39 is 0 Å². The molecule has 1 aromatic heterocycles. The summed E-state index contributed by atoms with van der Waals surface area (Å²) in [4.78, 5) is 15.1. The SMILES string of the molecule is O=C(NCC1CCN(C2CC2)C1)c1cn[nH]c1C1CCOCC1. The molecule has 1 aromatic rings. The van der Waals surface area contributed by atoms with E-state index in [2.05, 4.69) is 20.4 Å². The van der Waals surface area contributed by atoms with Crippen molar-refractivity contribution in [1.82, 2.24) is 20.4 Å². The standard InChI is InChI=1S/C17H26N4O2/c22-17(18-9-12-3-6-21(11-12)14-1-2-14)15-10-19-20-16(15)13-4-7-23-8-5-13/h10,12-14H,1-9,11H2,(H,18,22)(H,19,20). The van der Waals surface area contributed by atoms with E-state index in [1.807, 2.05) is 0 Å². The van der Waals surface area contributed by atoms with Crippen molar-refractivity contribution in [2.45, 2.75) is 44.1 Å². The third kappa shape index (κ3) is 3.43. The van der Waals surface area contributed by atoms with Crippen molar-refractivity contribution in [1.29, 1.82) is 0 Å². The van der Waals surface area contributed by atoms with Crippen LogP contribution >= 0.6 is 0 Å². The van der Waals surface area contributed by atoms with Gasteiger partial charge in [-0.05, 0) is 44.6 Å². The summed E-state index contributed by atoms with van der Waals surface area (Å²) < 4.78 is 5.41. The van der Waals surface area contributed by atoms with Gasteiger partial charge >= 0.3 is 0 Å². The van der Waals surface area contributed by atoms with E-state index in [1.165, 1.54) is 25.8 Å². The molecule has 1 atom stereocenters. The Kier molecular flexibility index (Phi) is 4.35. The van der Waals surface area contributed by atoms with Gasteiger partial charge in [-0.3, -0.25) is 9.89 Å². The van der Waals surface area contributed by atoms with Gasteiger partial charge in [0.05, 0.1) is 17.5 Å². The largest absolute Gasteiger partial charge is 0.381 e. The molecule has 3 aliphatic rings. The van der Waals surface area contributed by atoms with Gasteiger partial charge in [-0.2, -0.15) is 5.10 Å². The fourth-order valence-electron chi connectivity index (χ4n) is 3.91. The Labute approximate surface area is 137 Å². The molecule has 4 rings (SSSR count). The predicted octanol–water partition coefficient (Wildman–Crippen LogP) is 1.52. The lowest BCUT2D eigenvalue weighted by Gasteiger charge is -2.22. The Balaban J connectivity index is 1.31. The number of aromatic nitrogens is 2. The van der Waals surface area contributed by atoms with Crippen LogP contribution in [0, 0.1) is 5.92 Å². The first-order valence-electron chi connectivity index (χ1n) is 8.94. The molecule has 23 heavy (non-hydrogen) atoms. The highest BCUT2D eigenvalue weighted by Gasteiger charge is 2.34. The summed E-state index contributed by atoms with van der Waals surface area (Å²) in [5, 5.41) is 10.3. The van der Waals surface area contributed by atoms with Crippen LogP contribution in [0.1, 0.15) is 54.1 Å². The third-order valence-corrected chi connectivity index (χ3v) is 5.47. The summed E-state index contributed by atoms with van der Waals surface area (Å²) in [5.41, 5.74) is 1.70. The van der Waals surface area contributed by atoms with Crippen LogP contribution in [0.4, 0.5) is 0 Å². The minimum Gasteiger partial charge on any atom is -0.381 e. The average Bonchev–Trinajstić information content (AvgIpc) is 3.14. The summed E-state index contributed by atoms with van der Waals surface area (Å²) in [6, 6.07) is 0.838. The van der Waals surface area contributed by atoms with Crippen molar-refractivity contribution in [2.75, 3.05) is 32.8 Å². The number of hydrogen-bond acceptors (Lipinski definition) is 4. The quantitative estimate of drug-likeness (QED) is 0.863. The van der Waals surface area contributed by atoms with Crippen LogP contribution in [0.25, 0.3) is 0 Å². The van der Waals surface area contributed by atoms with Crippen LogP contribution in [-0.4, -0.2) is 59.9 Å². The number of rotatable bonds is 5. The second-order valence-electron chi connectivity index (χ2n) is 7.17. The van der Waals surface area contributed by atoms with E-state index in [9.17, 15) is 4.79 Å². The maximum absolute atomic E-state index is 12.5. The molecule has 0 aromatic carbocycles. The highest BCUT2D eigenvalue weighted by atomic mass is 16.5. The first-order valence-corrected chi connectivity index (χ1v) is 8.94. The first-order chi connectivity index (χ1) is 11.3. The number of nitrogens with one attached hydrogen (secondary N) is 2. The molecule has 1 amide bonds. The van der Waals surface area contributed by atoms with Crippen molar-refractivity contribution < 1.29 is 9.53 Å². The Morgan fingerprint density at radius 2 is 2.13 bits per heavy atom. The molecule has 2 saturated heterocycles. The molecule has 2 aliphatic heterocycles. The summed E-state index contributed by atoms with van der Waals surface area (Å²) in [7, 11) is 0. The van der Waals surface area contributed by atoms with Gasteiger partial charge < -0.3 is 15.0 Å². The summed E-state index contributed by atoms with van der Waals surface area (Å²) in [6.45, 7) is 4.65. The maximum Gasteiger partial charge on any atom is 0.254 e. The highest BCUT2D eigenvalue weighted by Crippen LogP contribution is 2.31. The molecule has 1 aliphatic carbocycles. The first kappa shape index (κ1) is 15.1. The van der Waals surface area contributed by atoms with Crippen molar-refractivity contribution in [3.63, 3.8) is 0 Å². The molecule has 1 saturated carbocycles. The Hall–Kier alpha value is -1.40. The summed E-state index contributed by atoms with van der Waals surface area (Å²) in [6.07, 6.45) is 7.52. The van der Waals surface area contributed by atoms with Gasteiger partial charge in [-0.15, -0.1) is 0 Å². The van der Waals surface area contributed by atoms with Gasteiger partial charge in [0, 0.05) is 38.3 Å². The van der Waals surface area contributed by atoms with E-state index in [4.69, 9.17) is 4.74 Å². The third-order valence-electron chi connectivity index (χ3n) is 5.47. The molecule has 6 heteroatoms. The van der Waals surface area contributed by atoms with Crippen molar-refractivity contribution in [3.05, 3.63) is 17.5 Å². The lowest BCUT2D eigenvalue weighted by Crippen LogP contribution is -2.32. The second kappa shape index (κ2) is 6.61. The lowest BCUT2D eigenvalue weighted by atomic mass is 9.94. The number of nitrogens with zero attached hydrogens (tertiary/aromatic N) is 2. The van der Waals surface area contributed by atoms with Crippen LogP contribution < -0.4 is 5.32 Å². The summed E-state index contributed by atoms with van der Waals surface area (Å²) in [5.74, 6) is 0.979. The van der Waals surface area contributed by atoms with Crippen molar-refractivity contribution in [3.8, 4) is 0 Å². The molecule has 0 bridgehead atoms. The second-order valence-corrected chi connectivity index (χ2v) is 7.17. The van der Waals surface area contributed by atoms with Gasteiger partial charge in [0.1, 0.15) is 0 Å². The monoisotopic (exact) mass is 318 g/mol. The molecule has 1 unspecified atom stereocenters. The molecule has 0 spiro atoms. The minimum absolute atomic E-state index is 0.0186. The van der Waals surface area contributed by atoms with Crippen LogP contribution in [0.3, 0.4) is 0 Å². The van der Waals surface area contributed by atoms with Crippen molar-refractivity contribution in [2.24, 2.45) is 5.92 Å². The van der Waals surface area contributed by atoms with Gasteiger partial charge in [-0.25, -0.2) is 0 Å². The van der Waals surface area contributed by atoms with Gasteiger partial charge in [0.15, 0.2) is 0 Å². The van der Waals surface area contributed by atoms with E-state index in [-0.39, 0.29) is 5.91 Å². The van der Waals surface area contributed by atoms with Crippen LogP contribution in [0.15, 0.2) is 6.20 Å². The lowest BCUT2D eigenvalue weighted by molar-refractivity contribution is 0.0833. The molecule has 126 valence electrons. The number of H-pyrrole nitrogens is 1. The number of aromatic amines is 1. The zero-order valence-corrected chi connectivity index (χ0v) is 13.6. The summed E-state index contributed by atoms with van der Waals surface area (Å²) >= 11 is 0. The Bertz CT molecular complexity index is 549. The molecule has 3 fully saturated rings. The zero-order chi connectivity index (χ0) is 15.6. The van der Waals surface area contributed by atoms with Gasteiger partial charge in [0.2, 0.25) is 0 Å². The number of likely N-dealkylation sites (tertiary alicyclic amines) is 1. The number of carbonyl (C=O) groups excluding carboxylic acids is 1. The molecule has 2 N–H and O–H groups in total. The van der Waals surface area contributed by atoms with E-state index in [1.54, 1.807) is 6.20 Å². The number of hydrogen-bond donors (Lipinski definition) is 2. The molecular formula is C17H26N4O2. The highest BCUT2D eigenvalue weighted by molar-refractivity contribution is 5.95. The van der Waals surface area contributed by atoms with E-state index in [0.717, 1.165) is 50.9 Å². The zero-order valence-electron chi connectivity index (χ0n) is 13.6. The number of carbonyl (C=O) groups is 1. The van der Waals surface area contributed by atoms with Crippen LogP contribution in [0.2, 0.25) is 0 Å². The normalized spacial score (nSPS) is 26.5. The number of amides is 1. The van der Waals surface area contributed by atoms with E-state index in [0.29, 0.717) is 17.4 Å². The Morgan fingerprint density at radius 1 is 1.30 bits per heavy atom. The smallest absolute Gasteiger partial charge is 0.254 e. The predicted molar refractivity (Wildman–Crippen MR) is 86.4 cm³/mol. The Morgan fingerprint density at radius 3 is 2.91 bits per heavy atom. The fourth-order valence-corrected chi connectivity index (χ4v) is 3.91. The molecule has 0 radical (unpaired) electrons. The minimum atomic E-state index is 0.0186. The van der Waals surface area contributed by atoms with Crippen molar-refractivity contribution >= 4 is 5.91 Å². The number of ether oxygens (including phenoxy) is 1. The van der Waals surface area contributed by atoms with Gasteiger partial charge in [-0.1, -0.05) is 0 Å². The van der Waals surface area contributed by atoms with Crippen LogP contribution in [-0.2, 0) is 4.74 Å².